The highest BCUT2D eigenvalue weighted by molar-refractivity contribution is 6.08. The van der Waals surface area contributed by atoms with E-state index in [1.807, 2.05) is 36.1 Å². The zero-order valence-corrected chi connectivity index (χ0v) is 18.9. The minimum atomic E-state index is -0.531. The summed E-state index contributed by atoms with van der Waals surface area (Å²) in [5.74, 6) is 1.62. The Bertz CT molecular complexity index is 1150. The molecule has 0 bridgehead atoms. The Morgan fingerprint density at radius 2 is 1.82 bits per heavy atom. The van der Waals surface area contributed by atoms with Crippen LogP contribution in [-0.4, -0.2) is 48.8 Å². The summed E-state index contributed by atoms with van der Waals surface area (Å²) in [6.45, 7) is 2.53. The van der Waals surface area contributed by atoms with E-state index >= 15 is 0 Å². The van der Waals surface area contributed by atoms with E-state index in [2.05, 4.69) is 44.9 Å². The number of hydrogen-bond acceptors (Lipinski definition) is 6. The van der Waals surface area contributed by atoms with Crippen molar-refractivity contribution in [3.63, 3.8) is 0 Å². The number of carbonyl (C=O) groups excluding carboxylic acids is 1. The van der Waals surface area contributed by atoms with E-state index in [1.165, 1.54) is 0 Å². The Morgan fingerprint density at radius 1 is 1.09 bits per heavy atom. The fourth-order valence-corrected chi connectivity index (χ4v) is 4.90. The van der Waals surface area contributed by atoms with Gasteiger partial charge in [0.2, 0.25) is 5.82 Å². The third-order valence-corrected chi connectivity index (χ3v) is 6.67. The zero-order chi connectivity index (χ0) is 22.8. The molecule has 170 valence electrons. The molecule has 1 saturated carbocycles. The number of aromatic amines is 1. The van der Waals surface area contributed by atoms with Gasteiger partial charge in [-0.1, -0.05) is 61.4 Å². The number of carbonyl (C=O) groups is 1. The van der Waals surface area contributed by atoms with Crippen LogP contribution in [0.4, 0.5) is 0 Å². The van der Waals surface area contributed by atoms with Crippen molar-refractivity contribution in [2.24, 2.45) is 10.7 Å². The second-order valence-electron chi connectivity index (χ2n) is 9.15. The smallest absolute Gasteiger partial charge is 0.256 e. The van der Waals surface area contributed by atoms with Gasteiger partial charge in [0, 0.05) is 18.0 Å². The topological polar surface area (TPSA) is 113 Å². The van der Waals surface area contributed by atoms with Crippen LogP contribution >= 0.6 is 0 Å². The molecule has 1 amide bonds. The van der Waals surface area contributed by atoms with E-state index in [9.17, 15) is 4.79 Å². The molecule has 1 spiro atoms. The lowest BCUT2D eigenvalue weighted by atomic mass is 9.97. The summed E-state index contributed by atoms with van der Waals surface area (Å²) in [5.41, 5.74) is 9.55. The van der Waals surface area contributed by atoms with Gasteiger partial charge in [0.1, 0.15) is 11.4 Å². The predicted octanol–water partition coefficient (Wildman–Crippen LogP) is 3.71. The van der Waals surface area contributed by atoms with Gasteiger partial charge in [0.05, 0.1) is 6.54 Å². The highest BCUT2D eigenvalue weighted by Crippen LogP contribution is 2.40. The quantitative estimate of drug-likeness (QED) is 0.578. The number of nitrogens with zero attached hydrogens (tertiary/aromatic N) is 5. The second kappa shape index (κ2) is 8.86. The van der Waals surface area contributed by atoms with Crippen LogP contribution in [0.25, 0.3) is 22.5 Å². The molecule has 0 radical (unpaired) electrons. The Kier molecular flexibility index (Phi) is 5.76. The molecule has 1 fully saturated rings. The van der Waals surface area contributed by atoms with Crippen molar-refractivity contribution in [2.45, 2.75) is 63.6 Å². The first-order chi connectivity index (χ1) is 16.1. The number of benzene rings is 2. The van der Waals surface area contributed by atoms with Gasteiger partial charge in [-0.15, -0.1) is 10.2 Å². The molecule has 1 unspecified atom stereocenters. The van der Waals surface area contributed by atoms with Gasteiger partial charge in [-0.2, -0.15) is 5.21 Å². The molecule has 2 aromatic carbocycles. The fourth-order valence-electron chi connectivity index (χ4n) is 4.90. The zero-order valence-electron chi connectivity index (χ0n) is 18.9. The number of aromatic nitrogens is 4. The largest absolute Gasteiger partial charge is 0.328 e. The summed E-state index contributed by atoms with van der Waals surface area (Å²) in [7, 11) is 0. The van der Waals surface area contributed by atoms with Gasteiger partial charge in [0.15, 0.2) is 0 Å². The van der Waals surface area contributed by atoms with E-state index in [0.717, 1.165) is 66.6 Å². The van der Waals surface area contributed by atoms with Crippen LogP contribution in [0.15, 0.2) is 53.5 Å². The summed E-state index contributed by atoms with van der Waals surface area (Å²) < 4.78 is 0. The number of H-pyrrole nitrogens is 1. The van der Waals surface area contributed by atoms with Crippen molar-refractivity contribution in [3.8, 4) is 22.5 Å². The molecular formula is C25H29N7O. The van der Waals surface area contributed by atoms with E-state index in [-0.39, 0.29) is 11.9 Å². The van der Waals surface area contributed by atoms with Crippen molar-refractivity contribution in [1.29, 1.82) is 0 Å². The molecule has 1 aliphatic carbocycles. The van der Waals surface area contributed by atoms with Gasteiger partial charge in [0.25, 0.3) is 5.91 Å². The number of hydrogen-bond donors (Lipinski definition) is 2. The number of amides is 1. The normalized spacial score (nSPS) is 18.2. The molecule has 2 heterocycles. The Balaban J connectivity index is 1.38. The minimum absolute atomic E-state index is 0.0864. The monoisotopic (exact) mass is 443 g/mol. The van der Waals surface area contributed by atoms with Crippen molar-refractivity contribution in [3.05, 3.63) is 54.1 Å². The molecule has 3 N–H and O–H groups in total. The number of nitrogens with one attached hydrogen (secondary N) is 1. The van der Waals surface area contributed by atoms with E-state index in [1.54, 1.807) is 0 Å². The van der Waals surface area contributed by atoms with Gasteiger partial charge in [-0.05, 0) is 48.1 Å². The first-order valence-electron chi connectivity index (χ1n) is 11.6. The lowest BCUT2D eigenvalue weighted by Gasteiger charge is -2.23. The highest BCUT2D eigenvalue weighted by Gasteiger charge is 2.49. The van der Waals surface area contributed by atoms with E-state index < -0.39 is 5.54 Å². The summed E-state index contributed by atoms with van der Waals surface area (Å²) in [4.78, 5) is 20.3. The van der Waals surface area contributed by atoms with Crippen LogP contribution in [0.2, 0.25) is 0 Å². The molecule has 5 rings (SSSR count). The Labute approximate surface area is 193 Å². The van der Waals surface area contributed by atoms with Gasteiger partial charge in [-0.3, -0.25) is 14.7 Å². The number of amidine groups is 1. The molecule has 33 heavy (non-hydrogen) atoms. The van der Waals surface area contributed by atoms with Crippen LogP contribution in [0.3, 0.4) is 0 Å². The van der Waals surface area contributed by atoms with Crippen LogP contribution in [0.5, 0.6) is 0 Å². The third kappa shape index (κ3) is 4.18. The van der Waals surface area contributed by atoms with Crippen molar-refractivity contribution in [2.75, 3.05) is 0 Å². The maximum Gasteiger partial charge on any atom is 0.256 e. The molecule has 1 atom stereocenters. The summed E-state index contributed by atoms with van der Waals surface area (Å²) in [6.07, 6.45) is 5.41. The highest BCUT2D eigenvalue weighted by atomic mass is 16.2. The lowest BCUT2D eigenvalue weighted by molar-refractivity contribution is -0.131. The van der Waals surface area contributed by atoms with Crippen molar-refractivity contribution in [1.82, 2.24) is 25.5 Å². The predicted molar refractivity (Wildman–Crippen MR) is 127 cm³/mol. The van der Waals surface area contributed by atoms with Crippen LogP contribution in [-0.2, 0) is 11.3 Å². The SMILES string of the molecule is CC(N)CCC1=NC2(CCCC2)C(=O)N1Cc1ccc(-c2ccccc2-c2nn[nH]n2)cc1. The minimum Gasteiger partial charge on any atom is -0.328 e. The molecule has 8 heteroatoms. The lowest BCUT2D eigenvalue weighted by Crippen LogP contribution is -2.40. The summed E-state index contributed by atoms with van der Waals surface area (Å²) in [6, 6.07) is 16.4. The molecule has 2 aliphatic rings. The molecule has 3 aromatic rings. The van der Waals surface area contributed by atoms with Crippen LogP contribution < -0.4 is 5.73 Å². The standard InChI is InChI=1S/C25H29N7O/c1-17(26)8-13-22-27-25(14-4-5-15-25)24(33)32(22)16-18-9-11-19(12-10-18)20-6-2-3-7-21(20)23-28-30-31-29-23/h2-3,6-7,9-12,17H,4-5,8,13-16,26H2,1H3,(H,28,29,30,31). The van der Waals surface area contributed by atoms with Crippen molar-refractivity contribution >= 4 is 11.7 Å². The van der Waals surface area contributed by atoms with Gasteiger partial charge < -0.3 is 5.73 Å². The number of nitrogens with two attached hydrogens (primary N) is 1. The molecular weight excluding hydrogens is 414 g/mol. The summed E-state index contributed by atoms with van der Waals surface area (Å²) >= 11 is 0. The van der Waals surface area contributed by atoms with Crippen LogP contribution in [0, 0.1) is 0 Å². The number of aliphatic imine (C=N–C) groups is 1. The second-order valence-corrected chi connectivity index (χ2v) is 9.15. The molecule has 0 saturated heterocycles. The van der Waals surface area contributed by atoms with E-state index in [0.29, 0.717) is 12.4 Å². The van der Waals surface area contributed by atoms with Gasteiger partial charge in [-0.25, -0.2) is 0 Å². The third-order valence-electron chi connectivity index (χ3n) is 6.67. The molecule has 1 aliphatic heterocycles. The number of rotatable bonds is 7. The fraction of sp³-hybridized carbons (Fsp3) is 0.400. The first kappa shape index (κ1) is 21.5. The van der Waals surface area contributed by atoms with Crippen molar-refractivity contribution < 1.29 is 4.79 Å². The van der Waals surface area contributed by atoms with Gasteiger partial charge >= 0.3 is 0 Å². The Hall–Kier alpha value is -3.39. The first-order valence-corrected chi connectivity index (χ1v) is 11.6. The van der Waals surface area contributed by atoms with Crippen LogP contribution in [0.1, 0.15) is 51.0 Å². The Morgan fingerprint density at radius 3 is 2.48 bits per heavy atom. The average Bonchev–Trinajstić information content (AvgIpc) is 3.57. The molecule has 1 aromatic heterocycles. The molecule has 8 nitrogen and oxygen atoms in total. The van der Waals surface area contributed by atoms with E-state index in [4.69, 9.17) is 10.7 Å². The number of tetrazole rings is 1. The maximum atomic E-state index is 13.4. The average molecular weight is 444 g/mol. The summed E-state index contributed by atoms with van der Waals surface area (Å²) in [5, 5.41) is 14.5. The maximum absolute atomic E-state index is 13.4.